The molecule has 1 unspecified atom stereocenters. The molecular weight excluding hydrogens is 188 g/mol. The molecule has 0 saturated carbocycles. The fraction of sp³-hybridized carbons (Fsp3) is 1.00. The summed E-state index contributed by atoms with van der Waals surface area (Å²) in [6.45, 7) is 0.689. The van der Waals surface area contributed by atoms with Gasteiger partial charge in [0.15, 0.2) is 0 Å². The third kappa shape index (κ3) is 1.95. The number of rotatable bonds is 3. The van der Waals surface area contributed by atoms with E-state index in [4.69, 9.17) is 40.9 Å². The SMILES string of the molecule is CC(O)C(O)(C(O)(O)O)C(O)(O)O. The van der Waals surface area contributed by atoms with Crippen molar-refractivity contribution in [2.75, 3.05) is 0 Å². The Morgan fingerprint density at radius 2 is 1.00 bits per heavy atom. The van der Waals surface area contributed by atoms with Crippen LogP contribution in [0.5, 0.6) is 0 Å². The van der Waals surface area contributed by atoms with Crippen LogP contribution in [0.4, 0.5) is 0 Å². The molecule has 8 nitrogen and oxygen atoms in total. The van der Waals surface area contributed by atoms with Crippen LogP contribution in [0.1, 0.15) is 6.92 Å². The molecule has 0 fully saturated rings. The first-order valence-corrected chi connectivity index (χ1v) is 3.19. The van der Waals surface area contributed by atoms with Crippen molar-refractivity contribution in [1.82, 2.24) is 0 Å². The molecule has 0 heterocycles. The molecule has 0 bridgehead atoms. The van der Waals surface area contributed by atoms with Crippen LogP contribution in [0.15, 0.2) is 0 Å². The quantitative estimate of drug-likeness (QED) is 0.211. The second-order valence-electron chi connectivity index (χ2n) is 2.71. The molecule has 0 aromatic carbocycles. The molecular formula is C5H12O8. The van der Waals surface area contributed by atoms with E-state index in [1.807, 2.05) is 0 Å². The summed E-state index contributed by atoms with van der Waals surface area (Å²) >= 11 is 0. The number of hydrogen-bond donors (Lipinski definition) is 8. The van der Waals surface area contributed by atoms with E-state index < -0.39 is 23.7 Å². The van der Waals surface area contributed by atoms with E-state index in [1.54, 1.807) is 0 Å². The predicted octanol–water partition coefficient (Wildman–Crippen LogP) is -4.64. The highest BCUT2D eigenvalue weighted by Crippen LogP contribution is 2.30. The van der Waals surface area contributed by atoms with E-state index in [-0.39, 0.29) is 0 Å². The minimum absolute atomic E-state index is 0.689. The van der Waals surface area contributed by atoms with E-state index in [0.29, 0.717) is 6.92 Å². The van der Waals surface area contributed by atoms with Crippen LogP contribution in [-0.4, -0.2) is 64.5 Å². The Hall–Kier alpha value is -0.320. The van der Waals surface area contributed by atoms with Crippen molar-refractivity contribution < 1.29 is 40.9 Å². The van der Waals surface area contributed by atoms with Crippen molar-refractivity contribution in [2.24, 2.45) is 0 Å². The second kappa shape index (κ2) is 3.12. The standard InChI is InChI=1S/C5H12O8/c1-2(6)3(7,4(8,9)10)5(11,12)13/h2,6-13H,1H3. The van der Waals surface area contributed by atoms with Gasteiger partial charge in [-0.05, 0) is 6.92 Å². The van der Waals surface area contributed by atoms with Gasteiger partial charge in [0, 0.05) is 0 Å². The van der Waals surface area contributed by atoms with Gasteiger partial charge in [-0.3, -0.25) is 0 Å². The van der Waals surface area contributed by atoms with Crippen molar-refractivity contribution in [2.45, 2.75) is 30.6 Å². The third-order valence-corrected chi connectivity index (χ3v) is 1.63. The molecule has 0 aromatic rings. The Balaban J connectivity index is 5.22. The van der Waals surface area contributed by atoms with Gasteiger partial charge in [-0.15, -0.1) is 0 Å². The molecule has 0 radical (unpaired) electrons. The average molecular weight is 200 g/mol. The van der Waals surface area contributed by atoms with Gasteiger partial charge in [-0.1, -0.05) is 0 Å². The average Bonchev–Trinajstić information content (AvgIpc) is 1.80. The smallest absolute Gasteiger partial charge is 0.317 e. The normalized spacial score (nSPS) is 17.3. The summed E-state index contributed by atoms with van der Waals surface area (Å²) in [5.74, 6) is -8.17. The zero-order chi connectivity index (χ0) is 11.1. The lowest BCUT2D eigenvalue weighted by Gasteiger charge is -2.41. The van der Waals surface area contributed by atoms with Crippen molar-refractivity contribution in [3.05, 3.63) is 0 Å². The van der Waals surface area contributed by atoms with Gasteiger partial charge in [0.25, 0.3) is 5.60 Å². The number of hydrogen-bond acceptors (Lipinski definition) is 8. The Morgan fingerprint density at radius 3 is 1.00 bits per heavy atom. The highest BCUT2D eigenvalue weighted by molar-refractivity contribution is 4.96. The first kappa shape index (κ1) is 12.7. The molecule has 8 heteroatoms. The minimum atomic E-state index is -4.08. The fourth-order valence-electron chi connectivity index (χ4n) is 0.786. The second-order valence-corrected chi connectivity index (χ2v) is 2.71. The van der Waals surface area contributed by atoms with E-state index in [1.165, 1.54) is 0 Å². The minimum Gasteiger partial charge on any atom is -0.390 e. The Morgan fingerprint density at radius 1 is 0.769 bits per heavy atom. The van der Waals surface area contributed by atoms with Crippen LogP contribution in [0.2, 0.25) is 0 Å². The monoisotopic (exact) mass is 200 g/mol. The third-order valence-electron chi connectivity index (χ3n) is 1.63. The molecule has 0 spiro atoms. The summed E-state index contributed by atoms with van der Waals surface area (Å²) in [4.78, 5) is 0. The van der Waals surface area contributed by atoms with Crippen LogP contribution in [0, 0.1) is 0 Å². The molecule has 1 atom stereocenters. The van der Waals surface area contributed by atoms with Crippen molar-refractivity contribution in [1.29, 1.82) is 0 Å². The lowest BCUT2D eigenvalue weighted by molar-refractivity contribution is -0.506. The largest absolute Gasteiger partial charge is 0.390 e. The molecule has 13 heavy (non-hydrogen) atoms. The highest BCUT2D eigenvalue weighted by Gasteiger charge is 2.65. The topological polar surface area (TPSA) is 162 Å². The first-order chi connectivity index (χ1) is 5.44. The molecule has 0 aromatic heterocycles. The Labute approximate surface area is 72.6 Å². The molecule has 0 aliphatic rings. The van der Waals surface area contributed by atoms with Crippen LogP contribution >= 0.6 is 0 Å². The van der Waals surface area contributed by atoms with Crippen LogP contribution in [0.25, 0.3) is 0 Å². The summed E-state index contributed by atoms with van der Waals surface area (Å²) in [5, 5.41) is 68.5. The zero-order valence-corrected chi connectivity index (χ0v) is 6.66. The van der Waals surface area contributed by atoms with Gasteiger partial charge in [0.2, 0.25) is 0 Å². The van der Waals surface area contributed by atoms with Gasteiger partial charge in [0.1, 0.15) is 0 Å². The summed E-state index contributed by atoms with van der Waals surface area (Å²) in [7, 11) is 0. The fourth-order valence-corrected chi connectivity index (χ4v) is 0.786. The van der Waals surface area contributed by atoms with Gasteiger partial charge in [-0.2, -0.15) is 0 Å². The summed E-state index contributed by atoms with van der Waals surface area (Å²) in [6, 6.07) is 0. The molecule has 0 aliphatic carbocycles. The number of aliphatic hydroxyl groups is 8. The van der Waals surface area contributed by atoms with Gasteiger partial charge < -0.3 is 40.9 Å². The predicted molar refractivity (Wildman–Crippen MR) is 35.4 cm³/mol. The van der Waals surface area contributed by atoms with Gasteiger partial charge in [-0.25, -0.2) is 0 Å². The van der Waals surface area contributed by atoms with Crippen LogP contribution in [-0.2, 0) is 0 Å². The van der Waals surface area contributed by atoms with Gasteiger partial charge in [0.05, 0.1) is 6.10 Å². The van der Waals surface area contributed by atoms with E-state index in [9.17, 15) is 0 Å². The van der Waals surface area contributed by atoms with E-state index in [2.05, 4.69) is 0 Å². The maximum atomic E-state index is 9.01. The molecule has 0 amide bonds. The number of aliphatic hydroxyl groups excluding tert-OH is 1. The summed E-state index contributed by atoms with van der Waals surface area (Å²) in [6.07, 6.45) is -2.23. The summed E-state index contributed by atoms with van der Waals surface area (Å²) in [5.41, 5.74) is -3.74. The molecule has 0 saturated heterocycles. The Kier molecular flexibility index (Phi) is 3.04. The van der Waals surface area contributed by atoms with Gasteiger partial charge >= 0.3 is 11.9 Å². The first-order valence-electron chi connectivity index (χ1n) is 3.19. The lowest BCUT2D eigenvalue weighted by Crippen LogP contribution is -2.73. The molecule has 80 valence electrons. The lowest BCUT2D eigenvalue weighted by atomic mass is 9.91. The highest BCUT2D eigenvalue weighted by atomic mass is 16.7. The van der Waals surface area contributed by atoms with Crippen molar-refractivity contribution in [3.63, 3.8) is 0 Å². The van der Waals surface area contributed by atoms with Crippen molar-refractivity contribution >= 4 is 0 Å². The molecule has 0 aliphatic heterocycles. The maximum absolute atomic E-state index is 9.01. The maximum Gasteiger partial charge on any atom is 0.317 e. The molecule has 8 N–H and O–H groups in total. The van der Waals surface area contributed by atoms with Crippen molar-refractivity contribution in [3.8, 4) is 0 Å². The van der Waals surface area contributed by atoms with Crippen LogP contribution < -0.4 is 0 Å². The van der Waals surface area contributed by atoms with E-state index >= 15 is 0 Å². The molecule has 0 rings (SSSR count). The zero-order valence-electron chi connectivity index (χ0n) is 6.66. The van der Waals surface area contributed by atoms with E-state index in [0.717, 1.165) is 0 Å². The summed E-state index contributed by atoms with van der Waals surface area (Å²) < 4.78 is 0. The van der Waals surface area contributed by atoms with Crippen LogP contribution in [0.3, 0.4) is 0 Å². The Bertz CT molecular complexity index is 160.